The molecule has 0 bridgehead atoms. The van der Waals surface area contributed by atoms with E-state index in [1.807, 2.05) is 19.9 Å². The van der Waals surface area contributed by atoms with Crippen molar-refractivity contribution in [2.45, 2.75) is 32.9 Å². The molecule has 0 aromatic heterocycles. The molecule has 1 amide bonds. The lowest BCUT2D eigenvalue weighted by molar-refractivity contribution is 0.0939. The van der Waals surface area contributed by atoms with Crippen molar-refractivity contribution in [2.24, 2.45) is 0 Å². The maximum Gasteiger partial charge on any atom is 0.253 e. The molecule has 0 radical (unpaired) electrons. The van der Waals surface area contributed by atoms with Crippen molar-refractivity contribution < 1.29 is 18.7 Å². The molecule has 7 heteroatoms. The zero-order valence-corrected chi connectivity index (χ0v) is 16.4. The van der Waals surface area contributed by atoms with Gasteiger partial charge in [0.1, 0.15) is 5.82 Å². The predicted octanol–water partition coefficient (Wildman–Crippen LogP) is 5.42. The summed E-state index contributed by atoms with van der Waals surface area (Å²) >= 11 is 11.7. The lowest BCUT2D eigenvalue weighted by atomic mass is 10.1. The van der Waals surface area contributed by atoms with Crippen LogP contribution in [-0.2, 0) is 0 Å². The summed E-state index contributed by atoms with van der Waals surface area (Å²) in [6.07, 6.45) is 0.00817. The van der Waals surface area contributed by atoms with Crippen LogP contribution in [-0.4, -0.2) is 19.1 Å². The minimum absolute atomic E-state index is 0.00817. The second-order valence-corrected chi connectivity index (χ2v) is 6.83. The van der Waals surface area contributed by atoms with Crippen molar-refractivity contribution in [1.29, 1.82) is 0 Å². The van der Waals surface area contributed by atoms with Gasteiger partial charge in [-0.3, -0.25) is 4.79 Å². The summed E-state index contributed by atoms with van der Waals surface area (Å²) < 4.78 is 24.7. The van der Waals surface area contributed by atoms with E-state index in [0.717, 1.165) is 11.6 Å². The molecule has 4 nitrogen and oxygen atoms in total. The van der Waals surface area contributed by atoms with E-state index in [4.69, 9.17) is 32.7 Å². The fourth-order valence-corrected chi connectivity index (χ4v) is 2.83. The first kappa shape index (κ1) is 20.3. The molecule has 0 aliphatic heterocycles. The smallest absolute Gasteiger partial charge is 0.253 e. The summed E-state index contributed by atoms with van der Waals surface area (Å²) in [7, 11) is 1.55. The normalized spacial score (nSPS) is 12.0. The second-order valence-electron chi connectivity index (χ2n) is 6.02. The zero-order valence-electron chi connectivity index (χ0n) is 14.9. The van der Waals surface area contributed by atoms with Crippen molar-refractivity contribution >= 4 is 29.1 Å². The van der Waals surface area contributed by atoms with E-state index in [1.165, 1.54) is 6.07 Å². The number of hydrogen-bond acceptors (Lipinski definition) is 3. The highest BCUT2D eigenvalue weighted by Crippen LogP contribution is 2.31. The standard InChI is InChI=1S/C19H20Cl2FNO3/c1-10(2)26-17-6-5-12(7-18(17)25-4)11(3)23-19(24)13-8-16(22)15(21)9-14(13)20/h5-11H,1-4H3,(H,23,24). The largest absolute Gasteiger partial charge is 0.493 e. The highest BCUT2D eigenvalue weighted by Gasteiger charge is 2.18. The van der Waals surface area contributed by atoms with E-state index in [1.54, 1.807) is 26.2 Å². The number of carbonyl (C=O) groups is 1. The van der Waals surface area contributed by atoms with Crippen LogP contribution in [0.4, 0.5) is 4.39 Å². The number of benzene rings is 2. The van der Waals surface area contributed by atoms with E-state index in [0.29, 0.717) is 11.5 Å². The molecule has 0 spiro atoms. The van der Waals surface area contributed by atoms with E-state index < -0.39 is 11.7 Å². The molecular weight excluding hydrogens is 380 g/mol. The summed E-state index contributed by atoms with van der Waals surface area (Å²) in [5.41, 5.74) is 0.823. The Kier molecular flexibility index (Phi) is 6.73. The van der Waals surface area contributed by atoms with Gasteiger partial charge < -0.3 is 14.8 Å². The Morgan fingerprint density at radius 3 is 2.38 bits per heavy atom. The molecule has 2 aromatic rings. The number of halogens is 3. The van der Waals surface area contributed by atoms with Gasteiger partial charge in [-0.1, -0.05) is 29.3 Å². The first-order chi connectivity index (χ1) is 12.2. The first-order valence-corrected chi connectivity index (χ1v) is 8.78. The molecule has 1 N–H and O–H groups in total. The second kappa shape index (κ2) is 8.60. The van der Waals surface area contributed by atoms with Crippen molar-refractivity contribution in [1.82, 2.24) is 5.32 Å². The average Bonchev–Trinajstić information content (AvgIpc) is 2.57. The predicted molar refractivity (Wildman–Crippen MR) is 101 cm³/mol. The lowest BCUT2D eigenvalue weighted by Gasteiger charge is -2.18. The maximum atomic E-state index is 13.6. The summed E-state index contributed by atoms with van der Waals surface area (Å²) in [5.74, 6) is -0.0225. The fourth-order valence-electron chi connectivity index (χ4n) is 2.36. The number of carbonyl (C=O) groups excluding carboxylic acids is 1. The van der Waals surface area contributed by atoms with E-state index in [2.05, 4.69) is 5.32 Å². The SMILES string of the molecule is COc1cc(C(C)NC(=O)c2cc(F)c(Cl)cc2Cl)ccc1OC(C)C. The fraction of sp³-hybridized carbons (Fsp3) is 0.316. The molecular formula is C19H20Cl2FNO3. The Bertz CT molecular complexity index is 812. The van der Waals surface area contributed by atoms with Crippen LogP contribution in [0.1, 0.15) is 42.7 Å². The van der Waals surface area contributed by atoms with Gasteiger partial charge >= 0.3 is 0 Å². The highest BCUT2D eigenvalue weighted by atomic mass is 35.5. The third kappa shape index (κ3) is 4.80. The Morgan fingerprint density at radius 1 is 1.08 bits per heavy atom. The topological polar surface area (TPSA) is 47.6 Å². The number of amides is 1. The molecule has 2 aromatic carbocycles. The van der Waals surface area contributed by atoms with Crippen LogP contribution >= 0.6 is 23.2 Å². The minimum atomic E-state index is -0.703. The van der Waals surface area contributed by atoms with Gasteiger partial charge in [0, 0.05) is 0 Å². The van der Waals surface area contributed by atoms with Crippen LogP contribution in [0.5, 0.6) is 11.5 Å². The number of nitrogens with one attached hydrogen (secondary N) is 1. The molecule has 140 valence electrons. The molecule has 0 saturated heterocycles. The molecule has 0 fully saturated rings. The Morgan fingerprint density at radius 2 is 1.77 bits per heavy atom. The van der Waals surface area contributed by atoms with E-state index >= 15 is 0 Å². The summed E-state index contributed by atoms with van der Waals surface area (Å²) in [6, 6.07) is 7.26. The van der Waals surface area contributed by atoms with Crippen LogP contribution < -0.4 is 14.8 Å². The maximum absolute atomic E-state index is 13.6. The lowest BCUT2D eigenvalue weighted by Crippen LogP contribution is -2.27. The number of ether oxygens (including phenoxy) is 2. The van der Waals surface area contributed by atoms with Gasteiger partial charge in [0.05, 0.1) is 34.9 Å². The molecule has 1 atom stereocenters. The number of methoxy groups -OCH3 is 1. The van der Waals surface area contributed by atoms with Crippen molar-refractivity contribution in [3.05, 3.63) is 57.3 Å². The minimum Gasteiger partial charge on any atom is -0.493 e. The summed E-state index contributed by atoms with van der Waals surface area (Å²) in [5, 5.41) is 2.73. The van der Waals surface area contributed by atoms with E-state index in [-0.39, 0.29) is 27.8 Å². The Labute approximate surface area is 162 Å². The van der Waals surface area contributed by atoms with Gasteiger partial charge in [-0.25, -0.2) is 4.39 Å². The van der Waals surface area contributed by atoms with Crippen molar-refractivity contribution in [3.8, 4) is 11.5 Å². The van der Waals surface area contributed by atoms with Gasteiger partial charge in [-0.05, 0) is 50.6 Å². The van der Waals surface area contributed by atoms with Gasteiger partial charge in [-0.2, -0.15) is 0 Å². The average molecular weight is 400 g/mol. The van der Waals surface area contributed by atoms with Crippen molar-refractivity contribution in [3.63, 3.8) is 0 Å². The third-order valence-electron chi connectivity index (χ3n) is 3.65. The quantitative estimate of drug-likeness (QED) is 0.659. The summed E-state index contributed by atoms with van der Waals surface area (Å²) in [6.45, 7) is 5.65. The summed E-state index contributed by atoms with van der Waals surface area (Å²) in [4.78, 5) is 12.4. The molecule has 0 aliphatic rings. The first-order valence-electron chi connectivity index (χ1n) is 8.03. The monoisotopic (exact) mass is 399 g/mol. The molecule has 0 aliphatic carbocycles. The zero-order chi connectivity index (χ0) is 19.4. The van der Waals surface area contributed by atoms with Gasteiger partial charge in [0.2, 0.25) is 0 Å². The Balaban J connectivity index is 2.20. The van der Waals surface area contributed by atoms with Crippen LogP contribution in [0.25, 0.3) is 0 Å². The van der Waals surface area contributed by atoms with Crippen LogP contribution in [0.15, 0.2) is 30.3 Å². The molecule has 26 heavy (non-hydrogen) atoms. The van der Waals surface area contributed by atoms with E-state index in [9.17, 15) is 9.18 Å². The van der Waals surface area contributed by atoms with Crippen LogP contribution in [0.3, 0.4) is 0 Å². The number of rotatable bonds is 6. The van der Waals surface area contributed by atoms with Crippen molar-refractivity contribution in [2.75, 3.05) is 7.11 Å². The van der Waals surface area contributed by atoms with Crippen LogP contribution in [0.2, 0.25) is 10.0 Å². The molecule has 1 unspecified atom stereocenters. The highest BCUT2D eigenvalue weighted by molar-refractivity contribution is 6.36. The number of hydrogen-bond donors (Lipinski definition) is 1. The third-order valence-corrected chi connectivity index (χ3v) is 4.25. The molecule has 2 rings (SSSR count). The van der Waals surface area contributed by atoms with Crippen LogP contribution in [0, 0.1) is 5.82 Å². The van der Waals surface area contributed by atoms with Gasteiger partial charge in [-0.15, -0.1) is 0 Å². The molecule has 0 saturated carbocycles. The van der Waals surface area contributed by atoms with Gasteiger partial charge in [0.25, 0.3) is 5.91 Å². The molecule has 0 heterocycles. The Hall–Kier alpha value is -1.98. The van der Waals surface area contributed by atoms with Gasteiger partial charge in [0.15, 0.2) is 11.5 Å².